The van der Waals surface area contributed by atoms with Gasteiger partial charge in [-0.2, -0.15) is 4.98 Å². The van der Waals surface area contributed by atoms with E-state index in [1.165, 1.54) is 0 Å². The van der Waals surface area contributed by atoms with Gasteiger partial charge < -0.3 is 14.4 Å². The molecule has 2 heterocycles. The molecule has 1 aromatic heterocycles. The average molecular weight is 241 g/mol. The lowest BCUT2D eigenvalue weighted by molar-refractivity contribution is 0.0214. The molecule has 1 saturated heterocycles. The summed E-state index contributed by atoms with van der Waals surface area (Å²) in [7, 11) is 1.61. The number of aliphatic hydroxyl groups excluding tert-OH is 1. The Bertz CT molecular complexity index is 367. The Labute approximate surface area is 101 Å². The van der Waals surface area contributed by atoms with Crippen LogP contribution in [0.4, 0.5) is 0 Å². The third-order valence-corrected chi connectivity index (χ3v) is 2.96. The Balaban J connectivity index is 1.93. The molecular formula is C11H19N3O3. The van der Waals surface area contributed by atoms with Crippen LogP contribution >= 0.6 is 0 Å². The summed E-state index contributed by atoms with van der Waals surface area (Å²) in [5, 5.41) is 13.6. The predicted octanol–water partition coefficient (Wildman–Crippen LogP) is 0.385. The van der Waals surface area contributed by atoms with Crippen molar-refractivity contribution in [3.8, 4) is 0 Å². The first kappa shape index (κ1) is 12.5. The van der Waals surface area contributed by atoms with Gasteiger partial charge in [-0.15, -0.1) is 0 Å². The number of hydrogen-bond donors (Lipinski definition) is 1. The summed E-state index contributed by atoms with van der Waals surface area (Å²) in [6, 6.07) is 0. The number of methoxy groups -OCH3 is 1. The normalized spacial score (nSPS) is 25.9. The fourth-order valence-corrected chi connectivity index (χ4v) is 1.96. The second-order valence-corrected chi connectivity index (χ2v) is 4.74. The fourth-order valence-electron chi connectivity index (χ4n) is 1.96. The maximum absolute atomic E-state index is 9.70. The monoisotopic (exact) mass is 241 g/mol. The minimum atomic E-state index is -0.434. The second-order valence-electron chi connectivity index (χ2n) is 4.74. The van der Waals surface area contributed by atoms with Gasteiger partial charge in [0.2, 0.25) is 5.89 Å². The van der Waals surface area contributed by atoms with Crippen LogP contribution in [0.25, 0.3) is 0 Å². The highest BCUT2D eigenvalue weighted by atomic mass is 16.5. The van der Waals surface area contributed by atoms with Crippen molar-refractivity contribution in [2.24, 2.45) is 0 Å². The molecule has 0 radical (unpaired) electrons. The molecule has 0 saturated carbocycles. The van der Waals surface area contributed by atoms with Crippen LogP contribution in [-0.4, -0.2) is 52.6 Å². The topological polar surface area (TPSA) is 71.6 Å². The number of hydrogen-bond acceptors (Lipinski definition) is 6. The molecule has 1 fully saturated rings. The molecule has 0 aliphatic carbocycles. The van der Waals surface area contributed by atoms with Gasteiger partial charge in [0.1, 0.15) is 0 Å². The number of likely N-dealkylation sites (tertiary alicyclic amines) is 1. The zero-order chi connectivity index (χ0) is 12.4. The molecule has 0 spiro atoms. The van der Waals surface area contributed by atoms with E-state index >= 15 is 0 Å². The first-order valence-electron chi connectivity index (χ1n) is 5.86. The van der Waals surface area contributed by atoms with Crippen molar-refractivity contribution in [1.29, 1.82) is 0 Å². The van der Waals surface area contributed by atoms with Gasteiger partial charge >= 0.3 is 0 Å². The molecule has 0 aromatic carbocycles. The summed E-state index contributed by atoms with van der Waals surface area (Å²) in [6.07, 6.45) is -0.553. The van der Waals surface area contributed by atoms with Crippen LogP contribution in [0.15, 0.2) is 4.52 Å². The quantitative estimate of drug-likeness (QED) is 0.822. The van der Waals surface area contributed by atoms with Crippen LogP contribution in [0.1, 0.15) is 31.5 Å². The van der Waals surface area contributed by atoms with Gasteiger partial charge in [-0.1, -0.05) is 19.0 Å². The van der Waals surface area contributed by atoms with Crippen LogP contribution in [-0.2, 0) is 11.3 Å². The highest BCUT2D eigenvalue weighted by Crippen LogP contribution is 2.16. The van der Waals surface area contributed by atoms with E-state index in [1.54, 1.807) is 7.11 Å². The average Bonchev–Trinajstić information content (AvgIpc) is 2.86. The lowest BCUT2D eigenvalue weighted by Crippen LogP contribution is -2.25. The highest BCUT2D eigenvalue weighted by Gasteiger charge is 2.31. The molecule has 6 nitrogen and oxygen atoms in total. The second kappa shape index (κ2) is 5.12. The van der Waals surface area contributed by atoms with Crippen molar-refractivity contribution in [3.63, 3.8) is 0 Å². The summed E-state index contributed by atoms with van der Waals surface area (Å²) in [5.74, 6) is 1.56. The minimum Gasteiger partial charge on any atom is -0.389 e. The molecular weight excluding hydrogens is 222 g/mol. The largest absolute Gasteiger partial charge is 0.389 e. The predicted molar refractivity (Wildman–Crippen MR) is 60.5 cm³/mol. The van der Waals surface area contributed by atoms with E-state index < -0.39 is 6.10 Å². The number of β-amino-alcohol motifs (C(OH)–C–C–N with tert-alkyl or cyclic N) is 1. The van der Waals surface area contributed by atoms with Gasteiger partial charge in [-0.05, 0) is 0 Å². The van der Waals surface area contributed by atoms with Crippen molar-refractivity contribution in [2.45, 2.75) is 38.5 Å². The van der Waals surface area contributed by atoms with Gasteiger partial charge in [0.25, 0.3) is 0 Å². The molecule has 2 rings (SSSR count). The standard InChI is InChI=1S/C11H19N3O3/c1-7(2)11-12-10(13-17-11)6-14-4-8(15)9(5-14)16-3/h7-9,15H,4-6H2,1-3H3/t8-,9-/m0/s1. The molecule has 0 unspecified atom stereocenters. The number of nitrogens with zero attached hydrogens (tertiary/aromatic N) is 3. The first-order chi connectivity index (χ1) is 8.10. The molecule has 1 aliphatic heterocycles. The van der Waals surface area contributed by atoms with Crippen LogP contribution in [0.3, 0.4) is 0 Å². The van der Waals surface area contributed by atoms with E-state index in [0.29, 0.717) is 31.3 Å². The van der Waals surface area contributed by atoms with E-state index in [9.17, 15) is 5.11 Å². The van der Waals surface area contributed by atoms with Crippen LogP contribution in [0, 0.1) is 0 Å². The Morgan fingerprint density at radius 2 is 2.29 bits per heavy atom. The molecule has 1 aromatic rings. The number of aromatic nitrogens is 2. The molecule has 0 bridgehead atoms. The third kappa shape index (κ3) is 2.83. The van der Waals surface area contributed by atoms with Gasteiger partial charge in [0, 0.05) is 26.1 Å². The van der Waals surface area contributed by atoms with Gasteiger partial charge in [-0.3, -0.25) is 4.90 Å². The van der Waals surface area contributed by atoms with E-state index in [2.05, 4.69) is 15.0 Å². The van der Waals surface area contributed by atoms with E-state index in [4.69, 9.17) is 9.26 Å². The zero-order valence-electron chi connectivity index (χ0n) is 10.5. The van der Waals surface area contributed by atoms with Crippen molar-refractivity contribution >= 4 is 0 Å². The zero-order valence-corrected chi connectivity index (χ0v) is 10.5. The van der Waals surface area contributed by atoms with E-state index in [-0.39, 0.29) is 12.0 Å². The SMILES string of the molecule is CO[C@H]1CN(Cc2noc(C(C)C)n2)C[C@@H]1O. The van der Waals surface area contributed by atoms with Gasteiger partial charge in [0.15, 0.2) is 5.82 Å². The highest BCUT2D eigenvalue weighted by molar-refractivity contribution is 4.93. The Kier molecular flexibility index (Phi) is 3.76. The molecule has 1 aliphatic rings. The maximum Gasteiger partial charge on any atom is 0.229 e. The van der Waals surface area contributed by atoms with Crippen molar-refractivity contribution < 1.29 is 14.4 Å². The summed E-state index contributed by atoms with van der Waals surface area (Å²) >= 11 is 0. The lowest BCUT2D eigenvalue weighted by Gasteiger charge is -2.11. The first-order valence-corrected chi connectivity index (χ1v) is 5.86. The molecule has 2 atom stereocenters. The van der Waals surface area contributed by atoms with Crippen molar-refractivity contribution in [3.05, 3.63) is 11.7 Å². The van der Waals surface area contributed by atoms with Crippen LogP contribution < -0.4 is 0 Å². The van der Waals surface area contributed by atoms with Crippen LogP contribution in [0.5, 0.6) is 0 Å². The fraction of sp³-hybridized carbons (Fsp3) is 0.818. The summed E-state index contributed by atoms with van der Waals surface area (Å²) < 4.78 is 10.3. The number of aliphatic hydroxyl groups is 1. The smallest absolute Gasteiger partial charge is 0.229 e. The van der Waals surface area contributed by atoms with E-state index in [0.717, 1.165) is 0 Å². The maximum atomic E-state index is 9.70. The summed E-state index contributed by atoms with van der Waals surface area (Å²) in [4.78, 5) is 6.37. The van der Waals surface area contributed by atoms with Gasteiger partial charge in [0.05, 0.1) is 18.8 Å². The molecule has 96 valence electrons. The van der Waals surface area contributed by atoms with Crippen molar-refractivity contribution in [1.82, 2.24) is 15.0 Å². The Morgan fingerprint density at radius 1 is 1.53 bits per heavy atom. The number of ether oxygens (including phenoxy) is 1. The van der Waals surface area contributed by atoms with Gasteiger partial charge in [-0.25, -0.2) is 0 Å². The van der Waals surface area contributed by atoms with Crippen LogP contribution in [0.2, 0.25) is 0 Å². The molecule has 17 heavy (non-hydrogen) atoms. The molecule has 1 N–H and O–H groups in total. The summed E-state index contributed by atoms with van der Waals surface area (Å²) in [6.45, 7) is 5.90. The summed E-state index contributed by atoms with van der Waals surface area (Å²) in [5.41, 5.74) is 0. The van der Waals surface area contributed by atoms with E-state index in [1.807, 2.05) is 13.8 Å². The minimum absolute atomic E-state index is 0.119. The Morgan fingerprint density at radius 3 is 2.82 bits per heavy atom. The van der Waals surface area contributed by atoms with Crippen molar-refractivity contribution in [2.75, 3.05) is 20.2 Å². The lowest BCUT2D eigenvalue weighted by atomic mass is 10.2. The third-order valence-electron chi connectivity index (χ3n) is 2.96. The number of rotatable bonds is 4. The molecule has 0 amide bonds. The molecule has 6 heteroatoms. The Hall–Kier alpha value is -0.980.